The van der Waals surface area contributed by atoms with Crippen LogP contribution in [-0.2, 0) is 0 Å². The van der Waals surface area contributed by atoms with Crippen molar-refractivity contribution in [2.24, 2.45) is 0 Å². The van der Waals surface area contributed by atoms with E-state index in [0.29, 0.717) is 0 Å². The summed E-state index contributed by atoms with van der Waals surface area (Å²) in [6.45, 7) is 3.80. The van der Waals surface area contributed by atoms with Crippen LogP contribution in [0.1, 0.15) is 5.56 Å². The molecule has 0 bridgehead atoms. The Labute approximate surface area is 110 Å². The molecule has 0 atom stereocenters. The van der Waals surface area contributed by atoms with Gasteiger partial charge in [-0.25, -0.2) is 0 Å². The van der Waals surface area contributed by atoms with Gasteiger partial charge in [0.15, 0.2) is 0 Å². The Bertz CT molecular complexity index is 368. The van der Waals surface area contributed by atoms with Gasteiger partial charge in [-0.2, -0.15) is 20.4 Å². The van der Waals surface area contributed by atoms with E-state index in [-0.39, 0.29) is 0 Å². The Kier molecular flexibility index (Phi) is 4.26. The van der Waals surface area contributed by atoms with E-state index in [0.717, 1.165) is 0 Å². The molecule has 1 rings (SSSR count). The van der Waals surface area contributed by atoms with Crippen molar-refractivity contribution in [3.8, 4) is 0 Å². The molecule has 17 heavy (non-hydrogen) atoms. The summed E-state index contributed by atoms with van der Waals surface area (Å²) >= 11 is 0. The first-order valence-corrected chi connectivity index (χ1v) is 11.2. The maximum Gasteiger partial charge on any atom is 0.0558 e. The van der Waals surface area contributed by atoms with Crippen LogP contribution in [0.25, 0.3) is 6.08 Å². The molecule has 1 aromatic carbocycles. The molecule has 0 N–H and O–H groups in total. The van der Waals surface area contributed by atoms with Gasteiger partial charge < -0.3 is 0 Å². The monoisotopic (exact) mass is 271 g/mol. The molecule has 98 valence electrons. The second-order valence-corrected chi connectivity index (χ2v) is 13.6. The van der Waals surface area contributed by atoms with E-state index in [1.165, 1.54) is 11.3 Å². The van der Waals surface area contributed by atoms with Gasteiger partial charge in [0, 0.05) is 0 Å². The van der Waals surface area contributed by atoms with Crippen molar-refractivity contribution in [1.82, 2.24) is 0 Å². The van der Waals surface area contributed by atoms with Crippen molar-refractivity contribution in [1.29, 1.82) is 0 Å². The number of rotatable bonds is 4. The first-order chi connectivity index (χ1) is 7.66. The number of hydrogen-bond donors (Lipinski definition) is 0. The highest BCUT2D eigenvalue weighted by atomic mass is 32.3. The van der Waals surface area contributed by atoms with Crippen LogP contribution < -0.4 is 3.71 Å². The van der Waals surface area contributed by atoms with Gasteiger partial charge in [0.05, 0.1) is 5.69 Å². The van der Waals surface area contributed by atoms with Gasteiger partial charge in [-0.3, -0.25) is 3.71 Å². The average Bonchev–Trinajstić information content (AvgIpc) is 2.14. The summed E-state index contributed by atoms with van der Waals surface area (Å²) in [5.41, 5.74) is 2.52. The normalized spacial score (nSPS) is 14.2. The molecule has 0 aromatic heterocycles. The third kappa shape index (κ3) is 3.71. The van der Waals surface area contributed by atoms with Crippen LogP contribution in [0, 0.1) is 0 Å². The van der Waals surface area contributed by atoms with Crippen LogP contribution in [0.4, 0.5) is 5.69 Å². The highest BCUT2D eigenvalue weighted by Crippen LogP contribution is 2.59. The highest BCUT2D eigenvalue weighted by molar-refractivity contribution is 8.49. The van der Waals surface area contributed by atoms with E-state index in [9.17, 15) is 0 Å². The van der Waals surface area contributed by atoms with Crippen LogP contribution in [0.15, 0.2) is 30.8 Å². The summed E-state index contributed by atoms with van der Waals surface area (Å²) in [6.07, 6.45) is 16.0. The highest BCUT2D eigenvalue weighted by Gasteiger charge is 2.25. The molecule has 0 fully saturated rings. The summed E-state index contributed by atoms with van der Waals surface area (Å²) < 4.78 is 2.62. The van der Waals surface area contributed by atoms with Gasteiger partial charge in [0.2, 0.25) is 0 Å². The van der Waals surface area contributed by atoms with Gasteiger partial charge in [0.25, 0.3) is 0 Å². The molecule has 1 nitrogen and oxygen atoms in total. The van der Waals surface area contributed by atoms with Crippen LogP contribution in [-0.4, -0.2) is 37.5 Å². The Morgan fingerprint density at radius 3 is 1.59 bits per heavy atom. The van der Waals surface area contributed by atoms with Crippen molar-refractivity contribution >= 4 is 32.2 Å². The van der Waals surface area contributed by atoms with Crippen molar-refractivity contribution in [2.45, 2.75) is 0 Å². The fourth-order valence-corrected chi connectivity index (χ4v) is 8.91. The number of anilines is 1. The van der Waals surface area contributed by atoms with Crippen LogP contribution in [0.5, 0.6) is 0 Å². The maximum atomic E-state index is 3.80. The quantitative estimate of drug-likeness (QED) is 0.787. The van der Waals surface area contributed by atoms with E-state index in [1.807, 2.05) is 6.08 Å². The molecular weight excluding hydrogens is 246 g/mol. The number of nitrogens with zero attached hydrogens (tertiary/aromatic N) is 1. The molecule has 0 saturated heterocycles. The number of benzene rings is 1. The minimum absolute atomic E-state index is 0.751. The maximum absolute atomic E-state index is 3.80. The molecule has 3 heteroatoms. The second kappa shape index (κ2) is 4.99. The molecular formula is C14H25NS2. The van der Waals surface area contributed by atoms with Gasteiger partial charge in [-0.05, 0) is 55.2 Å². The SMILES string of the molecule is C=Cc1ccc(N(S(C)(C)C)S(C)(C)C)cc1. The predicted molar refractivity (Wildman–Crippen MR) is 89.7 cm³/mol. The molecule has 0 radical (unpaired) electrons. The smallest absolute Gasteiger partial charge is 0.0558 e. The zero-order chi connectivity index (χ0) is 13.3. The Balaban J connectivity index is 3.19. The fraction of sp³-hybridized carbons (Fsp3) is 0.429. The van der Waals surface area contributed by atoms with E-state index < -0.39 is 20.4 Å². The van der Waals surface area contributed by atoms with E-state index in [1.54, 1.807) is 0 Å². The zero-order valence-corrected chi connectivity index (χ0v) is 13.5. The summed E-state index contributed by atoms with van der Waals surface area (Å²) in [6, 6.07) is 8.72. The van der Waals surface area contributed by atoms with Crippen molar-refractivity contribution in [2.75, 3.05) is 41.2 Å². The van der Waals surface area contributed by atoms with Crippen LogP contribution >= 0.6 is 20.4 Å². The molecule has 0 aliphatic rings. The largest absolute Gasteiger partial charge is 0.298 e. The van der Waals surface area contributed by atoms with Gasteiger partial charge >= 0.3 is 0 Å². The molecule has 0 unspecified atom stereocenters. The predicted octanol–water partition coefficient (Wildman–Crippen LogP) is 4.35. The van der Waals surface area contributed by atoms with Gasteiger partial charge in [0.1, 0.15) is 0 Å². The molecule has 0 aliphatic heterocycles. The van der Waals surface area contributed by atoms with Crippen LogP contribution in [0.2, 0.25) is 0 Å². The minimum atomic E-state index is -0.751. The van der Waals surface area contributed by atoms with Crippen molar-refractivity contribution in [3.05, 3.63) is 36.4 Å². The van der Waals surface area contributed by atoms with Crippen LogP contribution in [0.3, 0.4) is 0 Å². The lowest BCUT2D eigenvalue weighted by Crippen LogP contribution is -2.27. The Morgan fingerprint density at radius 2 is 1.29 bits per heavy atom. The summed E-state index contributed by atoms with van der Waals surface area (Å²) in [7, 11) is -1.50. The minimum Gasteiger partial charge on any atom is -0.298 e. The molecule has 0 aliphatic carbocycles. The lowest BCUT2D eigenvalue weighted by atomic mass is 10.2. The van der Waals surface area contributed by atoms with Gasteiger partial charge in [-0.1, -0.05) is 24.8 Å². The number of hydrogen-bond acceptors (Lipinski definition) is 1. The second-order valence-electron chi connectivity index (χ2n) is 5.60. The third-order valence-corrected chi connectivity index (χ3v) is 7.43. The first kappa shape index (κ1) is 14.5. The first-order valence-electron chi connectivity index (χ1n) is 5.56. The summed E-state index contributed by atoms with van der Waals surface area (Å²) in [5.74, 6) is 0. The molecule has 1 aromatic rings. The standard InChI is InChI=1S/C14H25NS2/c1-8-13-9-11-14(12-10-13)15(16(2,3)4)17(5,6)7/h8-12H,1H2,2-7H3. The fourth-order valence-electron chi connectivity index (χ4n) is 2.04. The molecule has 0 heterocycles. The van der Waals surface area contributed by atoms with Crippen molar-refractivity contribution < 1.29 is 0 Å². The topological polar surface area (TPSA) is 3.24 Å². The third-order valence-electron chi connectivity index (χ3n) is 2.33. The van der Waals surface area contributed by atoms with E-state index in [4.69, 9.17) is 0 Å². The van der Waals surface area contributed by atoms with E-state index in [2.05, 4.69) is 72.1 Å². The summed E-state index contributed by atoms with van der Waals surface area (Å²) in [4.78, 5) is 0. The lowest BCUT2D eigenvalue weighted by Gasteiger charge is -2.52. The summed E-state index contributed by atoms with van der Waals surface area (Å²) in [5, 5.41) is 0. The average molecular weight is 271 g/mol. The Hall–Kier alpha value is -0.540. The lowest BCUT2D eigenvalue weighted by molar-refractivity contribution is 1.53. The molecule has 0 saturated carbocycles. The Morgan fingerprint density at radius 1 is 0.882 bits per heavy atom. The molecule has 0 amide bonds. The van der Waals surface area contributed by atoms with E-state index >= 15 is 0 Å². The molecule has 0 spiro atoms. The van der Waals surface area contributed by atoms with Gasteiger partial charge in [-0.15, -0.1) is 0 Å². The zero-order valence-electron chi connectivity index (χ0n) is 11.9. The van der Waals surface area contributed by atoms with Crippen molar-refractivity contribution in [3.63, 3.8) is 0 Å².